The Morgan fingerprint density at radius 1 is 1.47 bits per heavy atom. The van der Waals surface area contributed by atoms with E-state index in [1.807, 2.05) is 0 Å². The Balaban J connectivity index is 1.48. The first-order chi connectivity index (χ1) is 7.34. The van der Waals surface area contributed by atoms with Crippen LogP contribution in [0.25, 0.3) is 0 Å². The monoisotopic (exact) mass is 209 g/mol. The Bertz CT molecular complexity index is 259. The lowest BCUT2D eigenvalue weighted by molar-refractivity contribution is -0.121. The molecule has 0 bridgehead atoms. The number of amidine groups is 1. The van der Waals surface area contributed by atoms with Gasteiger partial charge < -0.3 is 10.6 Å². The molecular weight excluding hydrogens is 190 g/mol. The molecule has 1 fully saturated rings. The minimum Gasteiger partial charge on any atom is -0.374 e. The molecule has 1 aliphatic carbocycles. The SMILES string of the molecule is O=C(CCCNC1=NCCC1)NC1CC1. The van der Waals surface area contributed by atoms with Crippen LogP contribution in [0.15, 0.2) is 4.99 Å². The molecule has 1 aliphatic heterocycles. The second-order valence-electron chi connectivity index (χ2n) is 4.30. The highest BCUT2D eigenvalue weighted by atomic mass is 16.1. The normalized spacial score (nSPS) is 19.9. The van der Waals surface area contributed by atoms with Crippen molar-refractivity contribution in [1.82, 2.24) is 10.6 Å². The van der Waals surface area contributed by atoms with Gasteiger partial charge in [-0.05, 0) is 25.7 Å². The zero-order chi connectivity index (χ0) is 10.5. The smallest absolute Gasteiger partial charge is 0.220 e. The van der Waals surface area contributed by atoms with Crippen molar-refractivity contribution >= 4 is 11.7 Å². The average Bonchev–Trinajstić information content (AvgIpc) is 2.87. The van der Waals surface area contributed by atoms with Crippen molar-refractivity contribution in [1.29, 1.82) is 0 Å². The Kier molecular flexibility index (Phi) is 3.59. The topological polar surface area (TPSA) is 53.5 Å². The summed E-state index contributed by atoms with van der Waals surface area (Å²) >= 11 is 0. The third-order valence-electron chi connectivity index (χ3n) is 2.73. The fraction of sp³-hybridized carbons (Fsp3) is 0.818. The molecule has 4 heteroatoms. The van der Waals surface area contributed by atoms with Gasteiger partial charge in [0.05, 0.1) is 5.84 Å². The van der Waals surface area contributed by atoms with E-state index >= 15 is 0 Å². The Morgan fingerprint density at radius 3 is 3.00 bits per heavy atom. The van der Waals surface area contributed by atoms with E-state index in [1.165, 1.54) is 19.3 Å². The van der Waals surface area contributed by atoms with Gasteiger partial charge in [-0.2, -0.15) is 0 Å². The van der Waals surface area contributed by atoms with E-state index in [1.54, 1.807) is 0 Å². The number of aliphatic imine (C=N–C) groups is 1. The van der Waals surface area contributed by atoms with Crippen molar-refractivity contribution in [2.75, 3.05) is 13.1 Å². The summed E-state index contributed by atoms with van der Waals surface area (Å²) in [5.41, 5.74) is 0. The summed E-state index contributed by atoms with van der Waals surface area (Å²) in [6, 6.07) is 0.490. The van der Waals surface area contributed by atoms with E-state index in [9.17, 15) is 4.79 Å². The minimum absolute atomic E-state index is 0.202. The van der Waals surface area contributed by atoms with Gasteiger partial charge in [-0.25, -0.2) is 0 Å². The summed E-state index contributed by atoms with van der Waals surface area (Å²) in [4.78, 5) is 15.6. The van der Waals surface area contributed by atoms with Gasteiger partial charge in [-0.3, -0.25) is 9.79 Å². The second kappa shape index (κ2) is 5.14. The van der Waals surface area contributed by atoms with Crippen LogP contribution in [-0.4, -0.2) is 30.9 Å². The van der Waals surface area contributed by atoms with E-state index in [4.69, 9.17) is 0 Å². The van der Waals surface area contributed by atoms with E-state index in [0.29, 0.717) is 12.5 Å². The first kappa shape index (κ1) is 10.5. The van der Waals surface area contributed by atoms with Gasteiger partial charge in [0, 0.05) is 32.0 Å². The number of carbonyl (C=O) groups is 1. The molecule has 1 saturated carbocycles. The standard InChI is InChI=1S/C11H19N3O/c15-11(14-9-5-6-9)4-2-8-13-10-3-1-7-12-10/h9H,1-8H2,(H,12,13)(H,14,15). The summed E-state index contributed by atoms with van der Waals surface area (Å²) < 4.78 is 0. The van der Waals surface area contributed by atoms with Crippen LogP contribution in [0.3, 0.4) is 0 Å². The van der Waals surface area contributed by atoms with E-state index < -0.39 is 0 Å². The Morgan fingerprint density at radius 2 is 2.33 bits per heavy atom. The van der Waals surface area contributed by atoms with E-state index in [-0.39, 0.29) is 5.91 Å². The molecule has 0 aromatic heterocycles. The maximum atomic E-state index is 11.3. The van der Waals surface area contributed by atoms with Crippen molar-refractivity contribution in [3.05, 3.63) is 0 Å². The summed E-state index contributed by atoms with van der Waals surface area (Å²) in [6.45, 7) is 1.83. The maximum Gasteiger partial charge on any atom is 0.220 e. The lowest BCUT2D eigenvalue weighted by atomic mass is 10.3. The van der Waals surface area contributed by atoms with E-state index in [2.05, 4.69) is 15.6 Å². The Labute approximate surface area is 90.5 Å². The van der Waals surface area contributed by atoms with Gasteiger partial charge in [0.25, 0.3) is 0 Å². The highest BCUT2D eigenvalue weighted by Crippen LogP contribution is 2.18. The van der Waals surface area contributed by atoms with Crippen LogP contribution in [0.4, 0.5) is 0 Å². The predicted molar refractivity (Wildman–Crippen MR) is 59.9 cm³/mol. The fourth-order valence-electron chi connectivity index (χ4n) is 1.69. The van der Waals surface area contributed by atoms with Gasteiger partial charge in [0.2, 0.25) is 5.91 Å². The van der Waals surface area contributed by atoms with Gasteiger partial charge in [0.15, 0.2) is 0 Å². The lowest BCUT2D eigenvalue weighted by Crippen LogP contribution is -2.27. The number of rotatable bonds is 5. The molecule has 0 radical (unpaired) electrons. The minimum atomic E-state index is 0.202. The largest absolute Gasteiger partial charge is 0.374 e. The first-order valence-corrected chi connectivity index (χ1v) is 5.91. The van der Waals surface area contributed by atoms with Crippen LogP contribution in [0.1, 0.15) is 38.5 Å². The number of hydrogen-bond acceptors (Lipinski definition) is 3. The van der Waals surface area contributed by atoms with Crippen molar-refractivity contribution in [3.63, 3.8) is 0 Å². The van der Waals surface area contributed by atoms with Gasteiger partial charge in [-0.15, -0.1) is 0 Å². The fourth-order valence-corrected chi connectivity index (χ4v) is 1.69. The summed E-state index contributed by atoms with van der Waals surface area (Å²) in [5, 5.41) is 6.26. The summed E-state index contributed by atoms with van der Waals surface area (Å²) in [7, 11) is 0. The van der Waals surface area contributed by atoms with Crippen LogP contribution in [0.2, 0.25) is 0 Å². The zero-order valence-corrected chi connectivity index (χ0v) is 9.09. The van der Waals surface area contributed by atoms with Crippen molar-refractivity contribution in [2.45, 2.75) is 44.6 Å². The molecule has 2 N–H and O–H groups in total. The molecule has 0 aromatic rings. The third kappa shape index (κ3) is 3.90. The average molecular weight is 209 g/mol. The van der Waals surface area contributed by atoms with Gasteiger partial charge >= 0.3 is 0 Å². The molecule has 4 nitrogen and oxygen atoms in total. The van der Waals surface area contributed by atoms with Crippen LogP contribution >= 0.6 is 0 Å². The molecule has 15 heavy (non-hydrogen) atoms. The summed E-state index contributed by atoms with van der Waals surface area (Å²) in [5.74, 6) is 1.32. The van der Waals surface area contributed by atoms with Crippen LogP contribution in [-0.2, 0) is 4.79 Å². The predicted octanol–water partition coefficient (Wildman–Crippen LogP) is 0.827. The van der Waals surface area contributed by atoms with Crippen molar-refractivity contribution in [2.24, 2.45) is 4.99 Å². The van der Waals surface area contributed by atoms with Gasteiger partial charge in [0.1, 0.15) is 0 Å². The molecule has 1 heterocycles. The van der Waals surface area contributed by atoms with Crippen LogP contribution in [0.5, 0.6) is 0 Å². The Hall–Kier alpha value is -1.06. The number of carbonyl (C=O) groups excluding carboxylic acids is 1. The second-order valence-corrected chi connectivity index (χ2v) is 4.30. The van der Waals surface area contributed by atoms with Crippen LogP contribution < -0.4 is 10.6 Å². The highest BCUT2D eigenvalue weighted by Gasteiger charge is 2.22. The van der Waals surface area contributed by atoms with Crippen LogP contribution in [0, 0.1) is 0 Å². The quantitative estimate of drug-likeness (QED) is 0.659. The number of amides is 1. The highest BCUT2D eigenvalue weighted by molar-refractivity contribution is 5.83. The van der Waals surface area contributed by atoms with Crippen molar-refractivity contribution in [3.8, 4) is 0 Å². The molecule has 1 amide bonds. The third-order valence-corrected chi connectivity index (χ3v) is 2.73. The number of nitrogens with one attached hydrogen (secondary N) is 2. The summed E-state index contributed by atoms with van der Waals surface area (Å²) in [6.07, 6.45) is 6.12. The lowest BCUT2D eigenvalue weighted by Gasteiger charge is -2.05. The molecule has 0 aromatic carbocycles. The number of hydrogen-bond donors (Lipinski definition) is 2. The van der Waals surface area contributed by atoms with Gasteiger partial charge in [-0.1, -0.05) is 0 Å². The molecule has 0 saturated heterocycles. The molecule has 0 unspecified atom stereocenters. The van der Waals surface area contributed by atoms with E-state index in [0.717, 1.165) is 31.8 Å². The first-order valence-electron chi connectivity index (χ1n) is 5.91. The molecular formula is C11H19N3O. The molecule has 0 atom stereocenters. The zero-order valence-electron chi connectivity index (χ0n) is 9.09. The molecule has 2 rings (SSSR count). The molecule has 0 spiro atoms. The number of nitrogens with zero attached hydrogens (tertiary/aromatic N) is 1. The molecule has 2 aliphatic rings. The molecule has 84 valence electrons. The van der Waals surface area contributed by atoms with Crippen molar-refractivity contribution < 1.29 is 4.79 Å². The maximum absolute atomic E-state index is 11.3.